The molecule has 1 rings (SSSR count). The standard InChI is InChI=1S/C15H20/c1-3-5-9-14(4-2)12-13-15-10-7-6-8-11-15/h3,5-11H,4,12-13H2,1-2H3/b5-3-,14-9+. The zero-order valence-corrected chi connectivity index (χ0v) is 9.74. The molecule has 0 bridgehead atoms. The van der Waals surface area contributed by atoms with Gasteiger partial charge < -0.3 is 0 Å². The van der Waals surface area contributed by atoms with Gasteiger partial charge in [-0.3, -0.25) is 0 Å². The van der Waals surface area contributed by atoms with E-state index in [1.807, 2.05) is 0 Å². The molecule has 0 heterocycles. The summed E-state index contributed by atoms with van der Waals surface area (Å²) in [5.41, 5.74) is 2.95. The third kappa shape index (κ3) is 4.64. The van der Waals surface area contributed by atoms with Crippen LogP contribution in [-0.4, -0.2) is 0 Å². The Kier molecular flexibility index (Phi) is 5.54. The number of hydrogen-bond acceptors (Lipinski definition) is 0. The summed E-state index contributed by atoms with van der Waals surface area (Å²) in [6.45, 7) is 4.28. The summed E-state index contributed by atoms with van der Waals surface area (Å²) in [6.07, 6.45) is 9.92. The SMILES string of the molecule is C/C=C\C=C(/CC)CCc1ccccc1. The van der Waals surface area contributed by atoms with Gasteiger partial charge in [-0.05, 0) is 31.7 Å². The summed E-state index contributed by atoms with van der Waals surface area (Å²) in [5.74, 6) is 0. The minimum Gasteiger partial charge on any atom is -0.0877 e. The summed E-state index contributed by atoms with van der Waals surface area (Å²) in [6, 6.07) is 10.7. The fraction of sp³-hybridized carbons (Fsp3) is 0.333. The molecule has 0 aliphatic rings. The molecule has 0 aliphatic heterocycles. The van der Waals surface area contributed by atoms with Crippen molar-refractivity contribution in [3.63, 3.8) is 0 Å². The van der Waals surface area contributed by atoms with Gasteiger partial charge in [0.15, 0.2) is 0 Å². The van der Waals surface area contributed by atoms with Crippen LogP contribution in [0.3, 0.4) is 0 Å². The predicted octanol–water partition coefficient (Wildman–Crippen LogP) is 4.53. The second-order valence-corrected chi connectivity index (χ2v) is 3.69. The molecule has 0 atom stereocenters. The lowest BCUT2D eigenvalue weighted by atomic mass is 10.0. The normalized spacial score (nSPS) is 12.3. The monoisotopic (exact) mass is 200 g/mol. The molecule has 0 aromatic heterocycles. The van der Waals surface area contributed by atoms with Crippen molar-refractivity contribution in [1.82, 2.24) is 0 Å². The van der Waals surface area contributed by atoms with Crippen molar-refractivity contribution >= 4 is 0 Å². The topological polar surface area (TPSA) is 0 Å². The molecule has 80 valence electrons. The largest absolute Gasteiger partial charge is 0.0877 e. The second kappa shape index (κ2) is 7.05. The number of hydrogen-bond donors (Lipinski definition) is 0. The highest BCUT2D eigenvalue weighted by molar-refractivity contribution is 5.18. The Hall–Kier alpha value is -1.30. The molecule has 0 nitrogen and oxygen atoms in total. The van der Waals surface area contributed by atoms with E-state index in [9.17, 15) is 0 Å². The zero-order valence-electron chi connectivity index (χ0n) is 9.74. The maximum atomic E-state index is 2.24. The van der Waals surface area contributed by atoms with E-state index < -0.39 is 0 Å². The van der Waals surface area contributed by atoms with Gasteiger partial charge in [0.1, 0.15) is 0 Å². The van der Waals surface area contributed by atoms with Crippen LogP contribution in [-0.2, 0) is 6.42 Å². The van der Waals surface area contributed by atoms with Crippen LogP contribution in [0.25, 0.3) is 0 Å². The summed E-state index contributed by atoms with van der Waals surface area (Å²) in [7, 11) is 0. The van der Waals surface area contributed by atoms with Crippen molar-refractivity contribution in [3.05, 3.63) is 59.7 Å². The summed E-state index contributed by atoms with van der Waals surface area (Å²) in [4.78, 5) is 0. The van der Waals surface area contributed by atoms with Crippen LogP contribution in [0.1, 0.15) is 32.3 Å². The Morgan fingerprint density at radius 3 is 2.53 bits per heavy atom. The summed E-state index contributed by atoms with van der Waals surface area (Å²) in [5, 5.41) is 0. The molecule has 0 saturated carbocycles. The quantitative estimate of drug-likeness (QED) is 0.612. The summed E-state index contributed by atoms with van der Waals surface area (Å²) >= 11 is 0. The average Bonchev–Trinajstić information content (AvgIpc) is 2.31. The van der Waals surface area contributed by atoms with Gasteiger partial charge >= 0.3 is 0 Å². The molecule has 0 heteroatoms. The van der Waals surface area contributed by atoms with Crippen molar-refractivity contribution in [2.24, 2.45) is 0 Å². The number of benzene rings is 1. The molecular weight excluding hydrogens is 180 g/mol. The van der Waals surface area contributed by atoms with E-state index >= 15 is 0 Å². The first-order chi connectivity index (χ1) is 7.36. The minimum atomic E-state index is 1.15. The molecule has 0 fully saturated rings. The van der Waals surface area contributed by atoms with Crippen molar-refractivity contribution in [3.8, 4) is 0 Å². The highest BCUT2D eigenvalue weighted by Gasteiger charge is 1.95. The lowest BCUT2D eigenvalue weighted by Gasteiger charge is -2.03. The van der Waals surface area contributed by atoms with E-state index in [4.69, 9.17) is 0 Å². The lowest BCUT2D eigenvalue weighted by Crippen LogP contribution is -1.87. The molecule has 15 heavy (non-hydrogen) atoms. The van der Waals surface area contributed by atoms with Crippen LogP contribution in [0.15, 0.2) is 54.1 Å². The van der Waals surface area contributed by atoms with Gasteiger partial charge in [-0.15, -0.1) is 0 Å². The van der Waals surface area contributed by atoms with E-state index in [-0.39, 0.29) is 0 Å². The molecule has 0 saturated heterocycles. The van der Waals surface area contributed by atoms with Gasteiger partial charge in [0.25, 0.3) is 0 Å². The maximum absolute atomic E-state index is 2.24. The minimum absolute atomic E-state index is 1.15. The Bertz CT molecular complexity index is 317. The third-order valence-corrected chi connectivity index (χ3v) is 2.56. The Labute approximate surface area is 93.3 Å². The van der Waals surface area contributed by atoms with Crippen LogP contribution >= 0.6 is 0 Å². The van der Waals surface area contributed by atoms with Gasteiger partial charge in [0, 0.05) is 0 Å². The van der Waals surface area contributed by atoms with E-state index in [2.05, 4.69) is 62.4 Å². The Morgan fingerprint density at radius 1 is 1.20 bits per heavy atom. The lowest BCUT2D eigenvalue weighted by molar-refractivity contribution is 0.885. The zero-order chi connectivity index (χ0) is 10.9. The molecule has 0 amide bonds. The predicted molar refractivity (Wildman–Crippen MR) is 68.0 cm³/mol. The first kappa shape index (κ1) is 11.8. The highest BCUT2D eigenvalue weighted by atomic mass is 14.0. The van der Waals surface area contributed by atoms with Crippen LogP contribution in [0, 0.1) is 0 Å². The van der Waals surface area contributed by atoms with Crippen molar-refractivity contribution in [2.75, 3.05) is 0 Å². The third-order valence-electron chi connectivity index (χ3n) is 2.56. The van der Waals surface area contributed by atoms with Gasteiger partial charge in [0.2, 0.25) is 0 Å². The second-order valence-electron chi connectivity index (χ2n) is 3.69. The molecule has 1 aromatic rings. The van der Waals surface area contributed by atoms with Gasteiger partial charge in [-0.1, -0.05) is 61.1 Å². The Balaban J connectivity index is 2.48. The summed E-state index contributed by atoms with van der Waals surface area (Å²) < 4.78 is 0. The van der Waals surface area contributed by atoms with E-state index in [0.29, 0.717) is 0 Å². The maximum Gasteiger partial charge on any atom is -0.0241 e. The van der Waals surface area contributed by atoms with Crippen LogP contribution in [0.2, 0.25) is 0 Å². The number of rotatable bonds is 5. The molecule has 0 unspecified atom stereocenters. The van der Waals surface area contributed by atoms with E-state index in [1.165, 1.54) is 17.6 Å². The van der Waals surface area contributed by atoms with Gasteiger partial charge in [-0.25, -0.2) is 0 Å². The molecule has 0 aliphatic carbocycles. The fourth-order valence-electron chi connectivity index (χ4n) is 1.56. The first-order valence-electron chi connectivity index (χ1n) is 5.71. The highest BCUT2D eigenvalue weighted by Crippen LogP contribution is 2.12. The van der Waals surface area contributed by atoms with Crippen molar-refractivity contribution in [2.45, 2.75) is 33.1 Å². The number of aryl methyl sites for hydroxylation is 1. The molecule has 1 aromatic carbocycles. The van der Waals surface area contributed by atoms with Crippen LogP contribution in [0.4, 0.5) is 0 Å². The van der Waals surface area contributed by atoms with Crippen molar-refractivity contribution < 1.29 is 0 Å². The first-order valence-corrected chi connectivity index (χ1v) is 5.71. The molecule has 0 spiro atoms. The average molecular weight is 200 g/mol. The molecular formula is C15H20. The van der Waals surface area contributed by atoms with Gasteiger partial charge in [0.05, 0.1) is 0 Å². The van der Waals surface area contributed by atoms with E-state index in [0.717, 1.165) is 12.8 Å². The van der Waals surface area contributed by atoms with Crippen LogP contribution in [0.5, 0.6) is 0 Å². The van der Waals surface area contributed by atoms with Gasteiger partial charge in [-0.2, -0.15) is 0 Å². The Morgan fingerprint density at radius 2 is 1.93 bits per heavy atom. The fourth-order valence-corrected chi connectivity index (χ4v) is 1.56. The van der Waals surface area contributed by atoms with E-state index in [1.54, 1.807) is 0 Å². The van der Waals surface area contributed by atoms with Crippen molar-refractivity contribution in [1.29, 1.82) is 0 Å². The smallest absolute Gasteiger partial charge is 0.0241 e. The number of allylic oxidation sites excluding steroid dienone is 4. The van der Waals surface area contributed by atoms with Crippen LogP contribution < -0.4 is 0 Å². The molecule has 0 radical (unpaired) electrons. The molecule has 0 N–H and O–H groups in total.